The number of ether oxygens (including phenoxy) is 2. The number of carbonyl (C=O) groups excluding carboxylic acids is 1. The number of pyridine rings is 2. The lowest BCUT2D eigenvalue weighted by Gasteiger charge is -2.34. The Labute approximate surface area is 212 Å². The summed E-state index contributed by atoms with van der Waals surface area (Å²) in [4.78, 5) is 22.7. The Morgan fingerprint density at radius 3 is 2.78 bits per heavy atom. The number of halogens is 3. The highest BCUT2D eigenvalue weighted by molar-refractivity contribution is 6.04. The Balaban J connectivity index is 1.66. The molecule has 0 spiro atoms. The first-order valence-corrected chi connectivity index (χ1v) is 11.7. The molecular formula is C26H27F3N4O4. The predicted octanol–water partition coefficient (Wildman–Crippen LogP) is 4.32. The average Bonchev–Trinajstić information content (AvgIpc) is 2.88. The summed E-state index contributed by atoms with van der Waals surface area (Å²) in [6.07, 6.45) is -3.70. The number of anilines is 2. The van der Waals surface area contributed by atoms with Gasteiger partial charge in [-0.25, -0.2) is 0 Å². The lowest BCUT2D eigenvalue weighted by Crippen LogP contribution is -2.44. The number of aliphatic hydroxyl groups excluding tert-OH is 1. The minimum atomic E-state index is -4.65. The number of amides is 1. The lowest BCUT2D eigenvalue weighted by molar-refractivity contribution is -0.141. The van der Waals surface area contributed by atoms with Crippen LogP contribution in [0.4, 0.5) is 24.7 Å². The van der Waals surface area contributed by atoms with Gasteiger partial charge in [-0.15, -0.1) is 0 Å². The second-order valence-corrected chi connectivity index (χ2v) is 8.65. The summed E-state index contributed by atoms with van der Waals surface area (Å²) >= 11 is 0. The summed E-state index contributed by atoms with van der Waals surface area (Å²) in [6, 6.07) is 10.9. The summed E-state index contributed by atoms with van der Waals surface area (Å²) in [5.74, 6) is 0.337. The van der Waals surface area contributed by atoms with Crippen molar-refractivity contribution in [2.75, 3.05) is 43.2 Å². The van der Waals surface area contributed by atoms with Crippen molar-refractivity contribution in [2.24, 2.45) is 0 Å². The van der Waals surface area contributed by atoms with E-state index in [1.165, 1.54) is 6.07 Å². The largest absolute Gasteiger partial charge is 0.475 e. The molecule has 1 fully saturated rings. The van der Waals surface area contributed by atoms with Gasteiger partial charge in [-0.3, -0.25) is 9.78 Å². The first kappa shape index (κ1) is 26.4. The Morgan fingerprint density at radius 2 is 2.05 bits per heavy atom. The van der Waals surface area contributed by atoms with Gasteiger partial charge in [0.05, 0.1) is 25.9 Å². The Hall–Kier alpha value is -3.70. The zero-order valence-corrected chi connectivity index (χ0v) is 20.4. The van der Waals surface area contributed by atoms with E-state index in [-0.39, 0.29) is 24.8 Å². The van der Waals surface area contributed by atoms with Crippen LogP contribution in [0.1, 0.15) is 28.5 Å². The zero-order valence-electron chi connectivity index (χ0n) is 20.4. The van der Waals surface area contributed by atoms with E-state index in [0.717, 1.165) is 22.9 Å². The average molecular weight is 517 g/mol. The molecular weight excluding hydrogens is 489 g/mol. The summed E-state index contributed by atoms with van der Waals surface area (Å²) in [7, 11) is 0. The van der Waals surface area contributed by atoms with E-state index in [1.54, 1.807) is 18.2 Å². The molecule has 3 aromatic rings. The van der Waals surface area contributed by atoms with Crippen molar-refractivity contribution in [2.45, 2.75) is 26.1 Å². The monoisotopic (exact) mass is 516 g/mol. The molecule has 0 bridgehead atoms. The smallest absolute Gasteiger partial charge is 0.433 e. The normalized spacial score (nSPS) is 15.9. The third-order valence-electron chi connectivity index (χ3n) is 5.91. The van der Waals surface area contributed by atoms with Gasteiger partial charge in [0.1, 0.15) is 18.1 Å². The van der Waals surface area contributed by atoms with Gasteiger partial charge >= 0.3 is 6.18 Å². The number of benzene rings is 1. The molecule has 1 saturated heterocycles. The number of nitrogens with one attached hydrogen (secondary N) is 1. The van der Waals surface area contributed by atoms with Gasteiger partial charge in [0, 0.05) is 30.1 Å². The third-order valence-corrected chi connectivity index (χ3v) is 5.91. The topological polar surface area (TPSA) is 96.8 Å². The number of aliphatic hydroxyl groups is 1. The molecule has 2 aromatic heterocycles. The highest BCUT2D eigenvalue weighted by Crippen LogP contribution is 2.33. The van der Waals surface area contributed by atoms with Crippen molar-refractivity contribution in [1.82, 2.24) is 9.97 Å². The number of carbonyl (C=O) groups is 1. The van der Waals surface area contributed by atoms with Gasteiger partial charge in [-0.2, -0.15) is 18.2 Å². The fourth-order valence-electron chi connectivity index (χ4n) is 4.03. The summed E-state index contributed by atoms with van der Waals surface area (Å²) < 4.78 is 50.2. The summed E-state index contributed by atoms with van der Waals surface area (Å²) in [5.41, 5.74) is 1.57. The molecule has 1 atom stereocenters. The highest BCUT2D eigenvalue weighted by atomic mass is 19.4. The summed E-state index contributed by atoms with van der Waals surface area (Å²) in [6.45, 7) is 5.63. The van der Waals surface area contributed by atoms with E-state index in [2.05, 4.69) is 20.2 Å². The maximum Gasteiger partial charge on any atom is 0.433 e. The van der Waals surface area contributed by atoms with E-state index < -0.39 is 17.8 Å². The molecule has 8 nitrogen and oxygen atoms in total. The molecule has 11 heteroatoms. The second kappa shape index (κ2) is 11.1. The van der Waals surface area contributed by atoms with Gasteiger partial charge in [-0.05, 0) is 60.9 Å². The van der Waals surface area contributed by atoms with Gasteiger partial charge < -0.3 is 24.8 Å². The minimum Gasteiger partial charge on any atom is -0.475 e. The first-order valence-electron chi connectivity index (χ1n) is 11.7. The van der Waals surface area contributed by atoms with Gasteiger partial charge in [0.25, 0.3) is 5.91 Å². The van der Waals surface area contributed by atoms with Crippen molar-refractivity contribution in [1.29, 1.82) is 0 Å². The number of rotatable bonds is 7. The van der Waals surface area contributed by atoms with Gasteiger partial charge in [-0.1, -0.05) is 6.07 Å². The van der Waals surface area contributed by atoms with Crippen LogP contribution >= 0.6 is 0 Å². The fraction of sp³-hybridized carbons (Fsp3) is 0.346. The van der Waals surface area contributed by atoms with Gasteiger partial charge in [0.2, 0.25) is 5.88 Å². The van der Waals surface area contributed by atoms with Crippen LogP contribution in [-0.2, 0) is 10.9 Å². The Kier molecular flexibility index (Phi) is 7.94. The number of nitrogens with zero attached hydrogens (tertiary/aromatic N) is 3. The molecule has 0 saturated carbocycles. The molecule has 3 heterocycles. The van der Waals surface area contributed by atoms with Crippen LogP contribution in [0.15, 0.2) is 48.7 Å². The van der Waals surface area contributed by atoms with E-state index in [1.807, 2.05) is 26.0 Å². The standard InChI is InChI=1S/C26H27F3N4O4/c1-16-3-4-20(31-25(35)18-5-6-30-22(11-18)26(27,28)29)14-21(16)19-12-23(32-24(13-19)37-10-8-34)33-7-9-36-15-17(33)2/h3-6,11-14,17,34H,7-10,15H2,1-2H3,(H,31,35)/t17-/m1/s1. The molecule has 1 aliphatic heterocycles. The van der Waals surface area contributed by atoms with Gasteiger partial charge in [0.15, 0.2) is 0 Å². The minimum absolute atomic E-state index is 0.0789. The van der Waals surface area contributed by atoms with Crippen molar-refractivity contribution in [3.63, 3.8) is 0 Å². The highest BCUT2D eigenvalue weighted by Gasteiger charge is 2.33. The van der Waals surface area contributed by atoms with Crippen LogP contribution in [0.2, 0.25) is 0 Å². The molecule has 2 N–H and O–H groups in total. The number of alkyl halides is 3. The van der Waals surface area contributed by atoms with Crippen molar-refractivity contribution in [3.8, 4) is 17.0 Å². The molecule has 4 rings (SSSR count). The SMILES string of the molecule is Cc1ccc(NC(=O)c2ccnc(C(F)(F)F)c2)cc1-c1cc(OCCO)nc(N2CCOC[C@H]2C)c1. The molecule has 0 radical (unpaired) electrons. The first-order chi connectivity index (χ1) is 17.7. The Bertz CT molecular complexity index is 1270. The van der Waals surface area contributed by atoms with Crippen LogP contribution in [0.3, 0.4) is 0 Å². The number of aryl methyl sites for hydroxylation is 1. The van der Waals surface area contributed by atoms with Crippen LogP contribution < -0.4 is 15.0 Å². The van der Waals surface area contributed by atoms with E-state index in [9.17, 15) is 23.1 Å². The zero-order chi connectivity index (χ0) is 26.6. The molecule has 0 aliphatic carbocycles. The number of hydrogen-bond donors (Lipinski definition) is 2. The molecule has 37 heavy (non-hydrogen) atoms. The maximum atomic E-state index is 13.0. The quantitative estimate of drug-likeness (QED) is 0.483. The van der Waals surface area contributed by atoms with Crippen molar-refractivity contribution >= 4 is 17.4 Å². The predicted molar refractivity (Wildman–Crippen MR) is 132 cm³/mol. The molecule has 0 unspecified atom stereocenters. The summed E-state index contributed by atoms with van der Waals surface area (Å²) in [5, 5.41) is 11.9. The van der Waals surface area contributed by atoms with E-state index in [0.29, 0.717) is 43.2 Å². The second-order valence-electron chi connectivity index (χ2n) is 8.65. The van der Waals surface area contributed by atoms with E-state index in [4.69, 9.17) is 9.47 Å². The third kappa shape index (κ3) is 6.36. The molecule has 1 amide bonds. The lowest BCUT2D eigenvalue weighted by atomic mass is 10.00. The van der Waals surface area contributed by atoms with Crippen LogP contribution in [0, 0.1) is 6.92 Å². The van der Waals surface area contributed by atoms with Crippen LogP contribution in [0.25, 0.3) is 11.1 Å². The fourth-order valence-corrected chi connectivity index (χ4v) is 4.03. The number of morpholine rings is 1. The number of aromatic nitrogens is 2. The Morgan fingerprint density at radius 1 is 1.24 bits per heavy atom. The van der Waals surface area contributed by atoms with Crippen molar-refractivity contribution < 1.29 is 32.5 Å². The molecule has 1 aromatic carbocycles. The van der Waals surface area contributed by atoms with Crippen LogP contribution in [-0.4, -0.2) is 60.0 Å². The maximum absolute atomic E-state index is 13.0. The number of hydrogen-bond acceptors (Lipinski definition) is 7. The molecule has 196 valence electrons. The van der Waals surface area contributed by atoms with Crippen molar-refractivity contribution in [3.05, 3.63) is 65.5 Å². The van der Waals surface area contributed by atoms with E-state index >= 15 is 0 Å². The molecule has 1 aliphatic rings. The van der Waals surface area contributed by atoms with Crippen LogP contribution in [0.5, 0.6) is 5.88 Å².